The number of Topliss-reactive ketones (excluding diaryl/α,β-unsaturated/α-hetero) is 1. The van der Waals surface area contributed by atoms with E-state index in [0.717, 1.165) is 25.7 Å². The Morgan fingerprint density at radius 2 is 2.14 bits per heavy atom. The largest absolute Gasteiger partial charge is 0.454 e. The summed E-state index contributed by atoms with van der Waals surface area (Å²) in [6.07, 6.45) is 8.21. The zero-order valence-corrected chi connectivity index (χ0v) is 8.12. The fraction of sp³-hybridized carbons (Fsp3) is 0.636. The number of hydrogen-bond acceptors (Lipinski definition) is 3. The molecule has 1 fully saturated rings. The van der Waals surface area contributed by atoms with Crippen LogP contribution in [0.4, 0.5) is 0 Å². The van der Waals surface area contributed by atoms with Crippen LogP contribution < -0.4 is 0 Å². The van der Waals surface area contributed by atoms with E-state index in [-0.39, 0.29) is 18.2 Å². The second-order valence-corrected chi connectivity index (χ2v) is 4.08. The van der Waals surface area contributed by atoms with Gasteiger partial charge in [-0.1, -0.05) is 6.08 Å². The smallest absolute Gasteiger partial charge is 0.314 e. The van der Waals surface area contributed by atoms with Crippen molar-refractivity contribution >= 4 is 11.8 Å². The minimum Gasteiger partial charge on any atom is -0.454 e. The van der Waals surface area contributed by atoms with Crippen LogP contribution in [0, 0.1) is 0 Å². The molecule has 0 aromatic heterocycles. The Morgan fingerprint density at radius 3 is 2.93 bits per heavy atom. The molecule has 76 valence electrons. The maximum atomic E-state index is 11.3. The van der Waals surface area contributed by atoms with E-state index < -0.39 is 5.60 Å². The molecule has 0 saturated carbocycles. The third-order valence-electron chi connectivity index (χ3n) is 2.80. The van der Waals surface area contributed by atoms with E-state index >= 15 is 0 Å². The number of allylic oxidation sites excluding steroid dienone is 1. The number of carbonyl (C=O) groups excluding carboxylic acids is 2. The topological polar surface area (TPSA) is 43.4 Å². The Morgan fingerprint density at radius 1 is 1.29 bits per heavy atom. The average Bonchev–Trinajstić information content (AvgIpc) is 2.28. The summed E-state index contributed by atoms with van der Waals surface area (Å²) < 4.78 is 5.32. The maximum absolute atomic E-state index is 11.3. The molecule has 14 heavy (non-hydrogen) atoms. The van der Waals surface area contributed by atoms with Gasteiger partial charge in [0.2, 0.25) is 0 Å². The van der Waals surface area contributed by atoms with Gasteiger partial charge in [-0.2, -0.15) is 0 Å². The molecule has 0 bridgehead atoms. The van der Waals surface area contributed by atoms with Crippen LogP contribution in [0.1, 0.15) is 38.5 Å². The molecule has 0 aromatic rings. The van der Waals surface area contributed by atoms with Gasteiger partial charge in [-0.05, 0) is 31.8 Å². The summed E-state index contributed by atoms with van der Waals surface area (Å²) in [4.78, 5) is 22.5. The molecular formula is C11H14O3. The number of carbonyl (C=O) groups is 2. The van der Waals surface area contributed by atoms with E-state index in [1.165, 1.54) is 0 Å². The van der Waals surface area contributed by atoms with Crippen LogP contribution in [-0.4, -0.2) is 17.4 Å². The van der Waals surface area contributed by atoms with Gasteiger partial charge < -0.3 is 4.74 Å². The quantitative estimate of drug-likeness (QED) is 0.335. The van der Waals surface area contributed by atoms with Gasteiger partial charge in [0.25, 0.3) is 0 Å². The van der Waals surface area contributed by atoms with Crippen molar-refractivity contribution in [3.8, 4) is 0 Å². The normalized spacial score (nSPS) is 32.9. The fourth-order valence-corrected chi connectivity index (χ4v) is 2.16. The molecule has 0 amide bonds. The number of rotatable bonds is 0. The first-order valence-electron chi connectivity index (χ1n) is 5.11. The van der Waals surface area contributed by atoms with E-state index in [0.29, 0.717) is 6.42 Å². The van der Waals surface area contributed by atoms with E-state index in [9.17, 15) is 9.59 Å². The molecule has 1 aliphatic carbocycles. The van der Waals surface area contributed by atoms with Crippen molar-refractivity contribution in [1.82, 2.24) is 0 Å². The lowest BCUT2D eigenvalue weighted by Gasteiger charge is -2.32. The van der Waals surface area contributed by atoms with Gasteiger partial charge in [-0.15, -0.1) is 0 Å². The van der Waals surface area contributed by atoms with Crippen molar-refractivity contribution in [2.24, 2.45) is 0 Å². The minimum atomic E-state index is -0.594. The molecular weight excluding hydrogens is 180 g/mol. The molecule has 0 aromatic carbocycles. The Balaban J connectivity index is 2.19. The van der Waals surface area contributed by atoms with Crippen molar-refractivity contribution in [1.29, 1.82) is 0 Å². The highest BCUT2D eigenvalue weighted by Gasteiger charge is 2.39. The number of esters is 1. The van der Waals surface area contributed by atoms with Crippen molar-refractivity contribution in [2.45, 2.75) is 44.1 Å². The van der Waals surface area contributed by atoms with Crippen molar-refractivity contribution in [2.75, 3.05) is 0 Å². The molecule has 1 aliphatic heterocycles. The Bertz CT molecular complexity index is 275. The zero-order chi connectivity index (χ0) is 10.0. The number of ether oxygens (including phenoxy) is 1. The second kappa shape index (κ2) is 3.56. The molecule has 3 nitrogen and oxygen atoms in total. The monoisotopic (exact) mass is 194 g/mol. The molecule has 0 radical (unpaired) electrons. The first kappa shape index (κ1) is 9.44. The number of ketones is 1. The van der Waals surface area contributed by atoms with E-state index in [2.05, 4.69) is 0 Å². The zero-order valence-electron chi connectivity index (χ0n) is 8.12. The average molecular weight is 194 g/mol. The van der Waals surface area contributed by atoms with Crippen LogP contribution >= 0.6 is 0 Å². The first-order chi connectivity index (χ1) is 6.70. The van der Waals surface area contributed by atoms with Crippen LogP contribution in [0.2, 0.25) is 0 Å². The van der Waals surface area contributed by atoms with Crippen LogP contribution in [0.25, 0.3) is 0 Å². The maximum Gasteiger partial charge on any atom is 0.314 e. The summed E-state index contributed by atoms with van der Waals surface area (Å²) in [6.45, 7) is 0. The Labute approximate surface area is 83.1 Å². The summed E-state index contributed by atoms with van der Waals surface area (Å²) in [5.41, 5.74) is -0.594. The van der Waals surface area contributed by atoms with Gasteiger partial charge in [0.1, 0.15) is 17.8 Å². The van der Waals surface area contributed by atoms with Gasteiger partial charge in [0, 0.05) is 0 Å². The highest BCUT2D eigenvalue weighted by molar-refractivity contribution is 5.98. The first-order valence-corrected chi connectivity index (χ1v) is 5.11. The Hall–Kier alpha value is -1.12. The summed E-state index contributed by atoms with van der Waals surface area (Å²) >= 11 is 0. The van der Waals surface area contributed by atoms with E-state index in [4.69, 9.17) is 4.74 Å². The Kier molecular flexibility index (Phi) is 2.40. The highest BCUT2D eigenvalue weighted by Crippen LogP contribution is 2.32. The summed E-state index contributed by atoms with van der Waals surface area (Å²) in [7, 11) is 0. The van der Waals surface area contributed by atoms with Crippen LogP contribution in [0.5, 0.6) is 0 Å². The van der Waals surface area contributed by atoms with Crippen LogP contribution in [0.3, 0.4) is 0 Å². The number of hydrogen-bond donors (Lipinski definition) is 0. The molecule has 0 N–H and O–H groups in total. The standard InChI is InChI=1S/C11H14O3/c12-9-7-10(13)14-11(8-9)5-3-1-2-4-6-11/h3,5H,1-2,4,6-8H2. The highest BCUT2D eigenvalue weighted by atomic mass is 16.6. The summed E-state index contributed by atoms with van der Waals surface area (Å²) in [5.74, 6) is -0.361. The predicted molar refractivity (Wildman–Crippen MR) is 50.7 cm³/mol. The third kappa shape index (κ3) is 1.86. The van der Waals surface area contributed by atoms with Crippen LogP contribution in [-0.2, 0) is 14.3 Å². The lowest BCUT2D eigenvalue weighted by atomic mass is 9.88. The van der Waals surface area contributed by atoms with Gasteiger partial charge in [0.05, 0.1) is 6.42 Å². The van der Waals surface area contributed by atoms with Crippen molar-refractivity contribution in [3.05, 3.63) is 12.2 Å². The van der Waals surface area contributed by atoms with Crippen molar-refractivity contribution in [3.63, 3.8) is 0 Å². The lowest BCUT2D eigenvalue weighted by Crippen LogP contribution is -2.40. The molecule has 1 unspecified atom stereocenters. The second-order valence-electron chi connectivity index (χ2n) is 4.08. The third-order valence-corrected chi connectivity index (χ3v) is 2.80. The van der Waals surface area contributed by atoms with Gasteiger partial charge >= 0.3 is 5.97 Å². The van der Waals surface area contributed by atoms with Crippen molar-refractivity contribution < 1.29 is 14.3 Å². The molecule has 1 saturated heterocycles. The molecule has 1 heterocycles. The fourth-order valence-electron chi connectivity index (χ4n) is 2.16. The lowest BCUT2D eigenvalue weighted by molar-refractivity contribution is -0.165. The molecule has 1 spiro atoms. The molecule has 2 aliphatic rings. The van der Waals surface area contributed by atoms with Gasteiger partial charge in [-0.3, -0.25) is 9.59 Å². The summed E-state index contributed by atoms with van der Waals surface area (Å²) in [6, 6.07) is 0. The SMILES string of the molecule is O=C1CC(=O)OC2(C=CCCCC2)C1. The minimum absolute atomic E-state index is 0.00722. The van der Waals surface area contributed by atoms with E-state index in [1.54, 1.807) is 0 Å². The summed E-state index contributed by atoms with van der Waals surface area (Å²) in [5, 5.41) is 0. The molecule has 3 heteroatoms. The molecule has 2 rings (SSSR count). The van der Waals surface area contributed by atoms with Gasteiger partial charge in [0.15, 0.2) is 0 Å². The van der Waals surface area contributed by atoms with E-state index in [1.807, 2.05) is 12.2 Å². The van der Waals surface area contributed by atoms with Crippen LogP contribution in [0.15, 0.2) is 12.2 Å². The molecule has 1 atom stereocenters. The predicted octanol–water partition coefficient (Wildman–Crippen LogP) is 1.76. The van der Waals surface area contributed by atoms with Gasteiger partial charge in [-0.25, -0.2) is 0 Å².